The zero-order valence-electron chi connectivity index (χ0n) is 21.1. The predicted molar refractivity (Wildman–Crippen MR) is 134 cm³/mol. The largest absolute Gasteiger partial charge is 0.465 e. The van der Waals surface area contributed by atoms with Crippen molar-refractivity contribution in [1.82, 2.24) is 0 Å². The number of hydrogen-bond acceptors (Lipinski definition) is 2. The van der Waals surface area contributed by atoms with Crippen LogP contribution in [0, 0.1) is 35.5 Å². The summed E-state index contributed by atoms with van der Waals surface area (Å²) in [7, 11) is 0. The number of ether oxygens (including phenoxy) is 2. The van der Waals surface area contributed by atoms with Crippen LogP contribution in [-0.4, -0.2) is 11.9 Å². The predicted octanol–water partition coefficient (Wildman–Crippen LogP) is 8.50. The number of fused-ring (bicyclic) bond motifs is 1. The molecule has 5 unspecified atom stereocenters. The van der Waals surface area contributed by atoms with E-state index in [-0.39, 0.29) is 11.9 Å². The summed E-state index contributed by atoms with van der Waals surface area (Å²) < 4.78 is 13.9. The third-order valence-corrected chi connectivity index (χ3v) is 10.7. The molecule has 0 aromatic heterocycles. The zero-order chi connectivity index (χ0) is 22.4. The fourth-order valence-electron chi connectivity index (χ4n) is 9.23. The number of rotatable bonds is 8. The van der Waals surface area contributed by atoms with Gasteiger partial charge < -0.3 is 9.47 Å². The molecule has 0 spiro atoms. The second-order valence-electron chi connectivity index (χ2n) is 12.9. The van der Waals surface area contributed by atoms with Crippen molar-refractivity contribution in [1.29, 1.82) is 0 Å². The molecule has 6 aliphatic rings. The standard InChI is InChI=1S/C31H46O2/c1-3-21(2)25-10-12-28(13-11-25)32-30(17-27-9-8-26-6-4-5-7-29(26)27)33-31-18-22-14-23(19-31)16-24(15-22)20-31/h10-13,21-24,26-27,29-30H,3-9,14-20H2,1-2H3. The van der Waals surface area contributed by atoms with Crippen LogP contribution in [0.5, 0.6) is 5.75 Å². The van der Waals surface area contributed by atoms with Gasteiger partial charge in [0.05, 0.1) is 5.60 Å². The van der Waals surface area contributed by atoms with E-state index in [4.69, 9.17) is 9.47 Å². The van der Waals surface area contributed by atoms with Gasteiger partial charge in [0.15, 0.2) is 0 Å². The smallest absolute Gasteiger partial charge is 0.200 e. The van der Waals surface area contributed by atoms with Gasteiger partial charge >= 0.3 is 0 Å². The van der Waals surface area contributed by atoms with E-state index in [0.29, 0.717) is 5.92 Å². The quantitative estimate of drug-likeness (QED) is 0.370. The maximum atomic E-state index is 7.17. The first-order valence-electron chi connectivity index (χ1n) is 14.5. The van der Waals surface area contributed by atoms with Crippen LogP contribution in [0.3, 0.4) is 0 Å². The molecule has 1 aromatic rings. The van der Waals surface area contributed by atoms with Gasteiger partial charge in [-0.1, -0.05) is 45.2 Å². The van der Waals surface area contributed by atoms with Crippen LogP contribution in [0.4, 0.5) is 0 Å². The SMILES string of the molecule is CCC(C)c1ccc(OC(CC2CCC3CCCCC32)OC23CC4CC(CC(C4)C2)C3)cc1. The van der Waals surface area contributed by atoms with Crippen molar-refractivity contribution < 1.29 is 9.47 Å². The summed E-state index contributed by atoms with van der Waals surface area (Å²) in [6.45, 7) is 4.58. The van der Waals surface area contributed by atoms with Crippen LogP contribution in [0.2, 0.25) is 0 Å². The van der Waals surface area contributed by atoms with Gasteiger partial charge in [0.25, 0.3) is 0 Å². The Balaban J connectivity index is 1.20. The van der Waals surface area contributed by atoms with Crippen molar-refractivity contribution in [3.05, 3.63) is 29.8 Å². The monoisotopic (exact) mass is 450 g/mol. The van der Waals surface area contributed by atoms with Crippen LogP contribution < -0.4 is 4.74 Å². The lowest BCUT2D eigenvalue weighted by atomic mass is 9.54. The maximum Gasteiger partial charge on any atom is 0.200 e. The average Bonchev–Trinajstić information content (AvgIpc) is 3.20. The van der Waals surface area contributed by atoms with Gasteiger partial charge in [-0.05, 0) is 123 Å². The maximum absolute atomic E-state index is 7.17. The summed E-state index contributed by atoms with van der Waals surface area (Å²) in [6, 6.07) is 8.96. The van der Waals surface area contributed by atoms with Crippen LogP contribution in [-0.2, 0) is 4.74 Å². The van der Waals surface area contributed by atoms with E-state index in [9.17, 15) is 0 Å². The van der Waals surface area contributed by atoms with E-state index in [2.05, 4.69) is 38.1 Å². The first-order valence-corrected chi connectivity index (χ1v) is 14.5. The lowest BCUT2D eigenvalue weighted by Gasteiger charge is -2.57. The van der Waals surface area contributed by atoms with Crippen molar-refractivity contribution in [2.75, 3.05) is 0 Å². The van der Waals surface area contributed by atoms with Crippen LogP contribution >= 0.6 is 0 Å². The minimum absolute atomic E-state index is 0.0682. The van der Waals surface area contributed by atoms with Crippen molar-refractivity contribution >= 4 is 0 Å². The highest BCUT2D eigenvalue weighted by Gasteiger charge is 2.53. The molecule has 6 fully saturated rings. The molecule has 33 heavy (non-hydrogen) atoms. The second-order valence-corrected chi connectivity index (χ2v) is 12.9. The molecular formula is C31H46O2. The Hall–Kier alpha value is -1.02. The van der Waals surface area contributed by atoms with Crippen LogP contribution in [0.1, 0.15) is 115 Å². The topological polar surface area (TPSA) is 18.5 Å². The fraction of sp³-hybridized carbons (Fsp3) is 0.806. The normalized spacial score (nSPS) is 41.0. The van der Waals surface area contributed by atoms with Gasteiger partial charge in [-0.3, -0.25) is 0 Å². The summed E-state index contributed by atoms with van der Waals surface area (Å²) in [6.07, 6.45) is 19.2. The molecule has 1 aromatic carbocycles. The molecule has 4 bridgehead atoms. The van der Waals surface area contributed by atoms with E-state index in [1.165, 1.54) is 89.0 Å². The van der Waals surface area contributed by atoms with Crippen molar-refractivity contribution in [2.24, 2.45) is 35.5 Å². The minimum atomic E-state index is -0.0682. The van der Waals surface area contributed by atoms with Crippen molar-refractivity contribution in [3.8, 4) is 5.75 Å². The van der Waals surface area contributed by atoms with Gasteiger partial charge in [0.2, 0.25) is 6.29 Å². The van der Waals surface area contributed by atoms with Crippen LogP contribution in [0.25, 0.3) is 0 Å². The Bertz CT molecular complexity index is 762. The molecule has 0 saturated heterocycles. The molecule has 2 nitrogen and oxygen atoms in total. The Kier molecular flexibility index (Phi) is 6.27. The van der Waals surface area contributed by atoms with Crippen molar-refractivity contribution in [2.45, 2.75) is 122 Å². The highest BCUT2D eigenvalue weighted by molar-refractivity contribution is 5.29. The molecule has 182 valence electrons. The molecule has 5 atom stereocenters. The summed E-state index contributed by atoms with van der Waals surface area (Å²) in [5.41, 5.74) is 1.53. The Morgan fingerprint density at radius 3 is 2.21 bits per heavy atom. The summed E-state index contributed by atoms with van der Waals surface area (Å²) in [5.74, 6) is 7.09. The lowest BCUT2D eigenvalue weighted by Crippen LogP contribution is -2.54. The summed E-state index contributed by atoms with van der Waals surface area (Å²) >= 11 is 0. The minimum Gasteiger partial charge on any atom is -0.465 e. The van der Waals surface area contributed by atoms with E-state index < -0.39 is 0 Å². The highest BCUT2D eigenvalue weighted by Crippen LogP contribution is 2.58. The third-order valence-electron chi connectivity index (χ3n) is 10.7. The van der Waals surface area contributed by atoms with Gasteiger partial charge in [0, 0.05) is 6.42 Å². The zero-order valence-corrected chi connectivity index (χ0v) is 21.1. The van der Waals surface area contributed by atoms with Crippen LogP contribution in [0.15, 0.2) is 24.3 Å². The highest BCUT2D eigenvalue weighted by atomic mass is 16.7. The Morgan fingerprint density at radius 1 is 0.879 bits per heavy atom. The van der Waals surface area contributed by atoms with Gasteiger partial charge in [-0.25, -0.2) is 0 Å². The van der Waals surface area contributed by atoms with E-state index in [0.717, 1.165) is 47.7 Å². The van der Waals surface area contributed by atoms with E-state index in [1.54, 1.807) is 0 Å². The Labute approximate surface area is 202 Å². The molecule has 0 aliphatic heterocycles. The average molecular weight is 451 g/mol. The summed E-state index contributed by atoms with van der Waals surface area (Å²) in [5, 5.41) is 0. The van der Waals surface area contributed by atoms with E-state index in [1.807, 2.05) is 0 Å². The molecule has 0 N–H and O–H groups in total. The third kappa shape index (κ3) is 4.63. The molecule has 6 saturated carbocycles. The van der Waals surface area contributed by atoms with Gasteiger partial charge in [-0.2, -0.15) is 0 Å². The number of benzene rings is 1. The molecular weight excluding hydrogens is 404 g/mol. The Morgan fingerprint density at radius 2 is 1.55 bits per heavy atom. The molecule has 0 radical (unpaired) electrons. The summed E-state index contributed by atoms with van der Waals surface area (Å²) in [4.78, 5) is 0. The first-order chi connectivity index (χ1) is 16.1. The lowest BCUT2D eigenvalue weighted by molar-refractivity contribution is -0.237. The molecule has 2 heteroatoms. The molecule has 6 aliphatic carbocycles. The second kappa shape index (κ2) is 9.21. The number of hydrogen-bond donors (Lipinski definition) is 0. The first kappa shape index (κ1) is 22.4. The molecule has 0 heterocycles. The molecule has 0 amide bonds. The van der Waals surface area contributed by atoms with Gasteiger partial charge in [0.1, 0.15) is 5.75 Å². The van der Waals surface area contributed by atoms with Gasteiger partial charge in [-0.15, -0.1) is 0 Å². The van der Waals surface area contributed by atoms with Crippen molar-refractivity contribution in [3.63, 3.8) is 0 Å². The van der Waals surface area contributed by atoms with E-state index >= 15 is 0 Å². The fourth-order valence-corrected chi connectivity index (χ4v) is 9.23. The molecule has 7 rings (SSSR count).